The standard InChI is InChI=1S/C22H21NO/c1-4-10-19(11-5-1)16-17-22(21-14-8-3-9-15-21)23-24-18-20-12-6-2-7-13-20/h1-15H,16-18H2/b23-22-. The summed E-state index contributed by atoms with van der Waals surface area (Å²) in [6.07, 6.45) is 1.80. The Labute approximate surface area is 143 Å². The van der Waals surface area contributed by atoms with Crippen LogP contribution in [0.1, 0.15) is 23.1 Å². The first-order valence-electron chi connectivity index (χ1n) is 8.24. The molecule has 0 atom stereocenters. The van der Waals surface area contributed by atoms with Crippen molar-refractivity contribution in [1.82, 2.24) is 0 Å². The molecule has 0 aliphatic heterocycles. The number of hydrogen-bond donors (Lipinski definition) is 0. The highest BCUT2D eigenvalue weighted by Gasteiger charge is 2.05. The highest BCUT2D eigenvalue weighted by molar-refractivity contribution is 6.00. The molecule has 0 unspecified atom stereocenters. The van der Waals surface area contributed by atoms with Gasteiger partial charge in [-0.1, -0.05) is 96.2 Å². The molecule has 0 saturated heterocycles. The molecule has 0 aliphatic carbocycles. The highest BCUT2D eigenvalue weighted by atomic mass is 16.6. The van der Waals surface area contributed by atoms with Crippen molar-refractivity contribution in [2.24, 2.45) is 5.16 Å². The van der Waals surface area contributed by atoms with E-state index < -0.39 is 0 Å². The minimum atomic E-state index is 0.489. The van der Waals surface area contributed by atoms with Gasteiger partial charge >= 0.3 is 0 Å². The number of rotatable bonds is 7. The molecule has 0 fully saturated rings. The van der Waals surface area contributed by atoms with Gasteiger partial charge in [0.25, 0.3) is 0 Å². The zero-order valence-electron chi connectivity index (χ0n) is 13.6. The van der Waals surface area contributed by atoms with Crippen LogP contribution in [-0.4, -0.2) is 5.71 Å². The van der Waals surface area contributed by atoms with Crippen LogP contribution in [0.2, 0.25) is 0 Å². The fourth-order valence-corrected chi connectivity index (χ4v) is 2.54. The summed E-state index contributed by atoms with van der Waals surface area (Å²) in [6.45, 7) is 0.489. The third-order valence-electron chi connectivity index (χ3n) is 3.85. The summed E-state index contributed by atoms with van der Waals surface area (Å²) in [5, 5.41) is 4.42. The number of oxime groups is 1. The molecule has 2 heteroatoms. The molecule has 0 N–H and O–H groups in total. The zero-order valence-corrected chi connectivity index (χ0v) is 13.6. The van der Waals surface area contributed by atoms with Crippen LogP contribution in [0.25, 0.3) is 0 Å². The van der Waals surface area contributed by atoms with Crippen molar-refractivity contribution in [3.63, 3.8) is 0 Å². The van der Waals surface area contributed by atoms with Crippen LogP contribution in [0.3, 0.4) is 0 Å². The van der Waals surface area contributed by atoms with Gasteiger partial charge in [0.15, 0.2) is 0 Å². The summed E-state index contributed by atoms with van der Waals surface area (Å²) < 4.78 is 0. The lowest BCUT2D eigenvalue weighted by Gasteiger charge is -2.08. The van der Waals surface area contributed by atoms with Crippen molar-refractivity contribution in [3.8, 4) is 0 Å². The topological polar surface area (TPSA) is 21.6 Å². The summed E-state index contributed by atoms with van der Waals surface area (Å²) in [5.74, 6) is 0. The largest absolute Gasteiger partial charge is 0.391 e. The molecule has 0 aromatic heterocycles. The van der Waals surface area contributed by atoms with Gasteiger partial charge in [0.05, 0.1) is 5.71 Å². The first-order chi connectivity index (χ1) is 11.9. The second-order valence-corrected chi connectivity index (χ2v) is 5.65. The van der Waals surface area contributed by atoms with Gasteiger partial charge in [-0.15, -0.1) is 0 Å². The predicted molar refractivity (Wildman–Crippen MR) is 99.0 cm³/mol. The SMILES string of the molecule is c1ccc(CC/C(=N/OCc2ccccc2)c2ccccc2)cc1. The Morgan fingerprint density at radius 1 is 0.667 bits per heavy atom. The first kappa shape index (κ1) is 16.0. The van der Waals surface area contributed by atoms with E-state index in [0.29, 0.717) is 6.61 Å². The maximum atomic E-state index is 5.61. The first-order valence-corrected chi connectivity index (χ1v) is 8.24. The van der Waals surface area contributed by atoms with Crippen LogP contribution in [0, 0.1) is 0 Å². The van der Waals surface area contributed by atoms with Gasteiger partial charge < -0.3 is 4.84 Å². The predicted octanol–water partition coefficient (Wildman–Crippen LogP) is 5.24. The molecule has 0 spiro atoms. The van der Waals surface area contributed by atoms with Gasteiger partial charge in [0.1, 0.15) is 6.61 Å². The Bertz CT molecular complexity index is 752. The molecule has 120 valence electrons. The second kappa shape index (κ2) is 8.68. The third kappa shape index (κ3) is 4.82. The summed E-state index contributed by atoms with van der Waals surface area (Å²) in [7, 11) is 0. The highest BCUT2D eigenvalue weighted by Crippen LogP contribution is 2.11. The molecule has 24 heavy (non-hydrogen) atoms. The summed E-state index contributed by atoms with van der Waals surface area (Å²) >= 11 is 0. The average molecular weight is 315 g/mol. The molecular formula is C22H21NO. The lowest BCUT2D eigenvalue weighted by atomic mass is 10.0. The minimum absolute atomic E-state index is 0.489. The summed E-state index contributed by atoms with van der Waals surface area (Å²) in [6, 6.07) is 30.8. The van der Waals surface area contributed by atoms with Crippen molar-refractivity contribution < 1.29 is 4.84 Å². The van der Waals surface area contributed by atoms with E-state index in [1.54, 1.807) is 0 Å². The molecule has 0 bridgehead atoms. The Morgan fingerprint density at radius 3 is 1.83 bits per heavy atom. The minimum Gasteiger partial charge on any atom is -0.391 e. The number of nitrogens with zero attached hydrogens (tertiary/aromatic N) is 1. The monoisotopic (exact) mass is 315 g/mol. The normalized spacial score (nSPS) is 11.2. The van der Waals surface area contributed by atoms with Crippen LogP contribution in [0.15, 0.2) is 96.2 Å². The quantitative estimate of drug-likeness (QED) is 0.431. The molecule has 0 heterocycles. The van der Waals surface area contributed by atoms with Gasteiger partial charge in [-0.2, -0.15) is 0 Å². The second-order valence-electron chi connectivity index (χ2n) is 5.65. The maximum Gasteiger partial charge on any atom is 0.142 e. The van der Waals surface area contributed by atoms with E-state index in [-0.39, 0.29) is 0 Å². The van der Waals surface area contributed by atoms with E-state index in [9.17, 15) is 0 Å². The lowest BCUT2D eigenvalue weighted by Crippen LogP contribution is -2.04. The molecule has 3 aromatic carbocycles. The molecular weight excluding hydrogens is 294 g/mol. The van der Waals surface area contributed by atoms with Gasteiger partial charge in [-0.3, -0.25) is 0 Å². The molecule has 0 saturated carbocycles. The Balaban J connectivity index is 1.68. The van der Waals surface area contributed by atoms with Crippen molar-refractivity contribution >= 4 is 5.71 Å². The van der Waals surface area contributed by atoms with E-state index in [0.717, 1.165) is 29.7 Å². The van der Waals surface area contributed by atoms with Crippen LogP contribution in [-0.2, 0) is 17.9 Å². The molecule has 3 aromatic rings. The molecule has 0 amide bonds. The number of benzene rings is 3. The lowest BCUT2D eigenvalue weighted by molar-refractivity contribution is 0.130. The van der Waals surface area contributed by atoms with E-state index in [1.165, 1.54) is 5.56 Å². The van der Waals surface area contributed by atoms with Crippen LogP contribution in [0.4, 0.5) is 0 Å². The van der Waals surface area contributed by atoms with Gasteiger partial charge in [0, 0.05) is 0 Å². The van der Waals surface area contributed by atoms with Crippen molar-refractivity contribution in [2.45, 2.75) is 19.4 Å². The van der Waals surface area contributed by atoms with Gasteiger partial charge in [-0.25, -0.2) is 0 Å². The third-order valence-corrected chi connectivity index (χ3v) is 3.85. The number of hydrogen-bond acceptors (Lipinski definition) is 2. The molecule has 2 nitrogen and oxygen atoms in total. The van der Waals surface area contributed by atoms with E-state index in [1.807, 2.05) is 54.6 Å². The van der Waals surface area contributed by atoms with E-state index in [4.69, 9.17) is 4.84 Å². The van der Waals surface area contributed by atoms with E-state index >= 15 is 0 Å². The molecule has 0 aliphatic rings. The zero-order chi connectivity index (χ0) is 16.5. The van der Waals surface area contributed by atoms with Gasteiger partial charge in [0.2, 0.25) is 0 Å². The Kier molecular flexibility index (Phi) is 5.79. The Hall–Kier alpha value is -2.87. The maximum absolute atomic E-state index is 5.61. The summed E-state index contributed by atoms with van der Waals surface area (Å²) in [4.78, 5) is 5.61. The smallest absolute Gasteiger partial charge is 0.142 e. The molecule has 0 radical (unpaired) electrons. The van der Waals surface area contributed by atoms with Crippen molar-refractivity contribution in [2.75, 3.05) is 0 Å². The van der Waals surface area contributed by atoms with Crippen LogP contribution < -0.4 is 0 Å². The van der Waals surface area contributed by atoms with Crippen LogP contribution in [0.5, 0.6) is 0 Å². The van der Waals surface area contributed by atoms with Crippen LogP contribution >= 0.6 is 0 Å². The van der Waals surface area contributed by atoms with Crippen molar-refractivity contribution in [3.05, 3.63) is 108 Å². The molecule has 3 rings (SSSR count). The van der Waals surface area contributed by atoms with Gasteiger partial charge in [-0.05, 0) is 29.5 Å². The van der Waals surface area contributed by atoms with Crippen molar-refractivity contribution in [1.29, 1.82) is 0 Å². The average Bonchev–Trinajstić information content (AvgIpc) is 2.67. The van der Waals surface area contributed by atoms with E-state index in [2.05, 4.69) is 41.6 Å². The summed E-state index contributed by atoms with van der Waals surface area (Å²) in [5.41, 5.74) is 4.53. The fraction of sp³-hybridized carbons (Fsp3) is 0.136. The fourth-order valence-electron chi connectivity index (χ4n) is 2.54. The number of aryl methyl sites for hydroxylation is 1. The Morgan fingerprint density at radius 2 is 1.21 bits per heavy atom.